The SMILES string of the molecule is CC(=O)N1[C@H](C)CN(c2cccc(-c3c[nH]c4ncc(NC(=O)CCN5CCOCC5)cc34)n2)C[C@@H]1C.[HH]. The van der Waals surface area contributed by atoms with Crippen LogP contribution in [0.25, 0.3) is 22.3 Å². The molecule has 198 valence electrons. The molecule has 0 aromatic carbocycles. The van der Waals surface area contributed by atoms with Crippen LogP contribution in [0.15, 0.2) is 36.7 Å². The van der Waals surface area contributed by atoms with Gasteiger partial charge in [-0.1, -0.05) is 6.07 Å². The van der Waals surface area contributed by atoms with E-state index in [0.717, 1.165) is 74.0 Å². The molecule has 2 fully saturated rings. The highest BCUT2D eigenvalue weighted by Crippen LogP contribution is 2.30. The Kier molecular flexibility index (Phi) is 7.38. The fourth-order valence-electron chi connectivity index (χ4n) is 5.47. The number of piperazine rings is 1. The van der Waals surface area contributed by atoms with Crippen LogP contribution in [0.3, 0.4) is 0 Å². The Bertz CT molecular complexity index is 1260. The Labute approximate surface area is 218 Å². The number of H-pyrrole nitrogens is 1. The van der Waals surface area contributed by atoms with Crippen molar-refractivity contribution in [2.24, 2.45) is 0 Å². The summed E-state index contributed by atoms with van der Waals surface area (Å²) in [5.41, 5.74) is 3.17. The first-order valence-corrected chi connectivity index (χ1v) is 13.0. The molecule has 2 amide bonds. The van der Waals surface area contributed by atoms with Crippen LogP contribution < -0.4 is 10.2 Å². The zero-order valence-electron chi connectivity index (χ0n) is 21.7. The van der Waals surface area contributed by atoms with E-state index in [9.17, 15) is 9.59 Å². The van der Waals surface area contributed by atoms with Gasteiger partial charge in [0.15, 0.2) is 0 Å². The van der Waals surface area contributed by atoms with Crippen molar-refractivity contribution >= 4 is 34.4 Å². The Balaban J connectivity index is 0.00000336. The minimum absolute atomic E-state index is 0. The number of nitrogens with zero attached hydrogens (tertiary/aromatic N) is 5. The molecule has 5 heterocycles. The summed E-state index contributed by atoms with van der Waals surface area (Å²) in [6, 6.07) is 8.17. The first-order valence-electron chi connectivity index (χ1n) is 13.0. The van der Waals surface area contributed by atoms with Crippen molar-refractivity contribution in [3.8, 4) is 11.3 Å². The van der Waals surface area contributed by atoms with Gasteiger partial charge in [0, 0.05) is 76.7 Å². The Morgan fingerprint density at radius 1 is 1.19 bits per heavy atom. The topological polar surface area (TPSA) is 107 Å². The smallest absolute Gasteiger partial charge is 0.225 e. The van der Waals surface area contributed by atoms with Crippen LogP contribution in [0, 0.1) is 0 Å². The van der Waals surface area contributed by atoms with Gasteiger partial charge in [-0.25, -0.2) is 9.97 Å². The van der Waals surface area contributed by atoms with Crippen molar-refractivity contribution in [1.29, 1.82) is 0 Å². The van der Waals surface area contributed by atoms with E-state index in [1.807, 2.05) is 35.4 Å². The van der Waals surface area contributed by atoms with Crippen molar-refractivity contribution in [3.05, 3.63) is 36.7 Å². The number of hydrogen-bond donors (Lipinski definition) is 2. The molecule has 2 N–H and O–H groups in total. The molecule has 5 rings (SSSR count). The Morgan fingerprint density at radius 2 is 1.95 bits per heavy atom. The number of aromatic amines is 1. The maximum absolute atomic E-state index is 12.6. The van der Waals surface area contributed by atoms with Crippen molar-refractivity contribution in [2.45, 2.75) is 39.3 Å². The number of carbonyl (C=O) groups is 2. The number of nitrogens with one attached hydrogen (secondary N) is 2. The number of carbonyl (C=O) groups excluding carboxylic acids is 2. The molecule has 37 heavy (non-hydrogen) atoms. The number of morpholine rings is 1. The third-order valence-corrected chi connectivity index (χ3v) is 7.19. The zero-order chi connectivity index (χ0) is 25.9. The van der Waals surface area contributed by atoms with Crippen molar-refractivity contribution < 1.29 is 15.8 Å². The Hall–Kier alpha value is -3.50. The van der Waals surface area contributed by atoms with E-state index in [-0.39, 0.29) is 25.3 Å². The van der Waals surface area contributed by atoms with Gasteiger partial charge in [0.2, 0.25) is 11.8 Å². The van der Waals surface area contributed by atoms with Gasteiger partial charge < -0.3 is 24.8 Å². The molecule has 0 saturated carbocycles. The lowest BCUT2D eigenvalue weighted by molar-refractivity contribution is -0.133. The first kappa shape index (κ1) is 25.2. The molecule has 0 aliphatic carbocycles. The lowest BCUT2D eigenvalue weighted by Gasteiger charge is -2.44. The maximum atomic E-state index is 12.6. The van der Waals surface area contributed by atoms with Gasteiger partial charge in [0.1, 0.15) is 11.5 Å². The second kappa shape index (κ2) is 10.9. The monoisotopic (exact) mass is 507 g/mol. The summed E-state index contributed by atoms with van der Waals surface area (Å²) < 4.78 is 5.37. The molecule has 3 aromatic rings. The van der Waals surface area contributed by atoms with Gasteiger partial charge in [-0.3, -0.25) is 14.5 Å². The second-order valence-electron chi connectivity index (χ2n) is 9.99. The van der Waals surface area contributed by atoms with Crippen LogP contribution in [-0.2, 0) is 14.3 Å². The van der Waals surface area contributed by atoms with E-state index < -0.39 is 0 Å². The molecule has 10 heteroatoms. The normalized spacial score (nSPS) is 20.8. The fraction of sp³-hybridized carbons (Fsp3) is 0.481. The van der Waals surface area contributed by atoms with E-state index in [2.05, 4.69) is 38.9 Å². The molecule has 2 aliphatic rings. The fourth-order valence-corrected chi connectivity index (χ4v) is 5.47. The van der Waals surface area contributed by atoms with Crippen LogP contribution in [0.5, 0.6) is 0 Å². The van der Waals surface area contributed by atoms with Gasteiger partial charge in [0.05, 0.1) is 30.8 Å². The van der Waals surface area contributed by atoms with Gasteiger partial charge in [0.25, 0.3) is 0 Å². The van der Waals surface area contributed by atoms with Gasteiger partial charge in [-0.05, 0) is 32.0 Å². The van der Waals surface area contributed by atoms with E-state index >= 15 is 0 Å². The van der Waals surface area contributed by atoms with Gasteiger partial charge >= 0.3 is 0 Å². The van der Waals surface area contributed by atoms with Crippen LogP contribution in [-0.4, -0.2) is 94.6 Å². The van der Waals surface area contributed by atoms with E-state index in [1.165, 1.54) is 0 Å². The number of fused-ring (bicyclic) bond motifs is 1. The van der Waals surface area contributed by atoms with Crippen molar-refractivity contribution in [3.63, 3.8) is 0 Å². The van der Waals surface area contributed by atoms with Crippen LogP contribution >= 0.6 is 0 Å². The predicted molar refractivity (Wildman–Crippen MR) is 146 cm³/mol. The molecule has 0 radical (unpaired) electrons. The summed E-state index contributed by atoms with van der Waals surface area (Å²) in [6.07, 6.45) is 4.01. The molecule has 0 unspecified atom stereocenters. The highest BCUT2D eigenvalue weighted by atomic mass is 16.5. The third kappa shape index (κ3) is 5.60. The number of hydrogen-bond acceptors (Lipinski definition) is 7. The summed E-state index contributed by atoms with van der Waals surface area (Å²) in [5, 5.41) is 3.90. The summed E-state index contributed by atoms with van der Waals surface area (Å²) in [5.74, 6) is 0.962. The summed E-state index contributed by atoms with van der Waals surface area (Å²) in [6.45, 7) is 11.1. The van der Waals surface area contributed by atoms with E-state index in [4.69, 9.17) is 9.72 Å². The molecule has 0 spiro atoms. The molecular weight excluding hydrogens is 470 g/mol. The number of anilines is 2. The summed E-state index contributed by atoms with van der Waals surface area (Å²) in [4.78, 5) is 43.8. The van der Waals surface area contributed by atoms with Crippen LogP contribution in [0.1, 0.15) is 28.6 Å². The minimum Gasteiger partial charge on any atom is -0.379 e. The standard InChI is InChI=1S/C27H35N7O3.H2/c1-18-16-33(17-19(2)34(18)20(3)35)25-6-4-5-24(31-25)23-15-29-27-22(23)13-21(14-28-27)30-26(36)7-8-32-9-11-37-12-10-32;/h4-6,13-15,18-19H,7-12,16-17H2,1-3H3,(H,28,29)(H,30,36);1H/t18-,19+;. The third-order valence-electron chi connectivity index (χ3n) is 7.19. The van der Waals surface area contributed by atoms with Crippen molar-refractivity contribution in [2.75, 3.05) is 56.2 Å². The lowest BCUT2D eigenvalue weighted by atomic mass is 10.1. The first-order chi connectivity index (χ1) is 17.9. The largest absolute Gasteiger partial charge is 0.379 e. The molecule has 10 nitrogen and oxygen atoms in total. The van der Waals surface area contributed by atoms with Gasteiger partial charge in [-0.15, -0.1) is 0 Å². The molecule has 3 aromatic heterocycles. The van der Waals surface area contributed by atoms with Crippen LogP contribution in [0.4, 0.5) is 11.5 Å². The molecule has 0 bridgehead atoms. The minimum atomic E-state index is -0.0298. The van der Waals surface area contributed by atoms with Crippen molar-refractivity contribution in [1.82, 2.24) is 24.8 Å². The highest BCUT2D eigenvalue weighted by Gasteiger charge is 2.31. The maximum Gasteiger partial charge on any atom is 0.225 e. The van der Waals surface area contributed by atoms with E-state index in [0.29, 0.717) is 12.1 Å². The number of rotatable bonds is 6. The number of amides is 2. The average Bonchev–Trinajstić information content (AvgIpc) is 3.31. The lowest BCUT2D eigenvalue weighted by Crippen LogP contribution is -2.58. The molecule has 2 aliphatic heterocycles. The molecule has 2 saturated heterocycles. The Morgan fingerprint density at radius 3 is 2.68 bits per heavy atom. The average molecular weight is 508 g/mol. The zero-order valence-corrected chi connectivity index (χ0v) is 21.7. The summed E-state index contributed by atoms with van der Waals surface area (Å²) >= 11 is 0. The number of pyridine rings is 2. The second-order valence-corrected chi connectivity index (χ2v) is 9.99. The quantitative estimate of drug-likeness (QED) is 0.528. The highest BCUT2D eigenvalue weighted by molar-refractivity contribution is 5.97. The molecular formula is C27H37N7O3. The summed E-state index contributed by atoms with van der Waals surface area (Å²) in [7, 11) is 0. The van der Waals surface area contributed by atoms with Gasteiger partial charge in [-0.2, -0.15) is 0 Å². The molecule has 2 atom stereocenters. The predicted octanol–water partition coefficient (Wildman–Crippen LogP) is 2.98. The van der Waals surface area contributed by atoms with Crippen LogP contribution in [0.2, 0.25) is 0 Å². The van der Waals surface area contributed by atoms with E-state index in [1.54, 1.807) is 13.1 Å². The number of aromatic nitrogens is 3. The number of ether oxygens (including phenoxy) is 1.